The Hall–Kier alpha value is -3.02. The van der Waals surface area contributed by atoms with Gasteiger partial charge in [-0.15, -0.1) is 0 Å². The van der Waals surface area contributed by atoms with Gasteiger partial charge in [-0.05, 0) is 30.2 Å². The number of carbonyl (C=O) groups excluding carboxylic acids is 4. The van der Waals surface area contributed by atoms with E-state index in [1.807, 2.05) is 51.1 Å². The molecule has 0 saturated carbocycles. The summed E-state index contributed by atoms with van der Waals surface area (Å²) in [6.07, 6.45) is 2.00. The summed E-state index contributed by atoms with van der Waals surface area (Å²) in [6, 6.07) is 8.77. The number of amides is 3. The van der Waals surface area contributed by atoms with E-state index in [2.05, 4.69) is 26.5 Å². The van der Waals surface area contributed by atoms with Crippen LogP contribution in [0.5, 0.6) is 0 Å². The molecule has 1 rings (SSSR count). The van der Waals surface area contributed by atoms with Gasteiger partial charge in [0.15, 0.2) is 0 Å². The standard InChI is InChI=1S/C33H57N3O6.CH3NO.CH4/c1-11-13-19-36(32(41-9)24(6)26(33(39)42-10)20-25-17-15-14-16-18-25)28(37)21-27(40-8)30(23(5)12-2)35(7)31(38)29(34)22(3)4;2-1-3;/h14-18,22-24,26-27,29-30,32H,11-13,19-21,34H2,1-10H3;1H,(H2,2,3);1H4/t23?,24?,26?,27?,29-,30?,32?;;/m0../s1. The quantitative estimate of drug-likeness (QED) is 0.128. The minimum Gasteiger partial charge on any atom is -0.469 e. The lowest BCUT2D eigenvalue weighted by molar-refractivity contribution is -0.163. The number of nitrogens with zero attached hydrogens (tertiary/aromatic N) is 2. The Morgan fingerprint density at radius 3 is 1.98 bits per heavy atom. The van der Waals surface area contributed by atoms with E-state index in [0.29, 0.717) is 13.0 Å². The number of likely N-dealkylation sites (N-methyl/N-ethyl adjacent to an activating group) is 1. The van der Waals surface area contributed by atoms with Gasteiger partial charge in [-0.2, -0.15) is 0 Å². The molecule has 4 N–H and O–H groups in total. The van der Waals surface area contributed by atoms with Gasteiger partial charge < -0.3 is 35.5 Å². The van der Waals surface area contributed by atoms with E-state index in [-0.39, 0.29) is 61.8 Å². The molecular formula is C35H64N4O7. The van der Waals surface area contributed by atoms with E-state index in [4.69, 9.17) is 24.7 Å². The molecule has 266 valence electrons. The van der Waals surface area contributed by atoms with Crippen LogP contribution in [0.15, 0.2) is 30.3 Å². The molecule has 3 amide bonds. The highest BCUT2D eigenvalue weighted by Gasteiger charge is 2.40. The van der Waals surface area contributed by atoms with Gasteiger partial charge in [0.05, 0.1) is 37.6 Å². The number of benzene rings is 1. The van der Waals surface area contributed by atoms with Crippen LogP contribution in [0.3, 0.4) is 0 Å². The predicted octanol–water partition coefficient (Wildman–Crippen LogP) is 4.25. The molecule has 0 bridgehead atoms. The maximum Gasteiger partial charge on any atom is 0.309 e. The van der Waals surface area contributed by atoms with Crippen LogP contribution >= 0.6 is 0 Å². The zero-order chi connectivity index (χ0) is 34.7. The number of carbonyl (C=O) groups is 4. The Morgan fingerprint density at radius 1 is 0.978 bits per heavy atom. The number of rotatable bonds is 19. The Bertz CT molecular complexity index is 994. The summed E-state index contributed by atoms with van der Waals surface area (Å²) in [4.78, 5) is 52.4. The van der Waals surface area contributed by atoms with Gasteiger partial charge >= 0.3 is 5.97 Å². The lowest BCUT2D eigenvalue weighted by Gasteiger charge is -2.41. The van der Waals surface area contributed by atoms with Crippen molar-refractivity contribution in [2.45, 2.75) is 105 Å². The maximum atomic E-state index is 14.1. The Labute approximate surface area is 278 Å². The highest BCUT2D eigenvalue weighted by atomic mass is 16.5. The smallest absolute Gasteiger partial charge is 0.309 e. The average Bonchev–Trinajstić information content (AvgIpc) is 3.04. The van der Waals surface area contributed by atoms with Crippen molar-refractivity contribution in [1.29, 1.82) is 0 Å². The number of primary amides is 1. The summed E-state index contributed by atoms with van der Waals surface area (Å²) in [5, 5.41) is 0. The zero-order valence-corrected chi connectivity index (χ0v) is 29.2. The van der Waals surface area contributed by atoms with Crippen molar-refractivity contribution < 1.29 is 33.4 Å². The minimum atomic E-state index is -0.662. The topological polar surface area (TPSA) is 154 Å². The van der Waals surface area contributed by atoms with Crippen LogP contribution in [0.1, 0.15) is 80.2 Å². The first-order chi connectivity index (χ1) is 21.3. The normalized spacial score (nSPS) is 15.4. The van der Waals surface area contributed by atoms with Gasteiger partial charge in [0.25, 0.3) is 0 Å². The second kappa shape index (κ2) is 24.2. The molecule has 0 fully saturated rings. The van der Waals surface area contributed by atoms with Gasteiger partial charge in [-0.3, -0.25) is 19.2 Å². The molecule has 0 aliphatic rings. The van der Waals surface area contributed by atoms with Gasteiger partial charge in [-0.1, -0.05) is 92.1 Å². The number of methoxy groups -OCH3 is 3. The van der Waals surface area contributed by atoms with Crippen LogP contribution in [-0.2, 0) is 39.8 Å². The summed E-state index contributed by atoms with van der Waals surface area (Å²) in [7, 11) is 6.28. The van der Waals surface area contributed by atoms with Crippen molar-refractivity contribution in [2.75, 3.05) is 34.9 Å². The first kappa shape index (κ1) is 45.1. The summed E-state index contributed by atoms with van der Waals surface area (Å²) in [5.41, 5.74) is 11.4. The molecule has 0 saturated heterocycles. The highest BCUT2D eigenvalue weighted by Crippen LogP contribution is 2.29. The Kier molecular flexibility index (Phi) is 23.7. The first-order valence-corrected chi connectivity index (χ1v) is 16.0. The van der Waals surface area contributed by atoms with E-state index in [9.17, 15) is 14.4 Å². The van der Waals surface area contributed by atoms with Crippen molar-refractivity contribution in [3.8, 4) is 0 Å². The summed E-state index contributed by atoms with van der Waals surface area (Å²) < 4.78 is 17.1. The summed E-state index contributed by atoms with van der Waals surface area (Å²) in [5.74, 6) is -1.50. The van der Waals surface area contributed by atoms with Crippen molar-refractivity contribution >= 4 is 24.2 Å². The van der Waals surface area contributed by atoms with Crippen molar-refractivity contribution in [2.24, 2.45) is 35.1 Å². The van der Waals surface area contributed by atoms with Crippen molar-refractivity contribution in [3.05, 3.63) is 35.9 Å². The number of ether oxygens (including phenoxy) is 3. The van der Waals surface area contributed by atoms with Gasteiger partial charge in [0.2, 0.25) is 18.2 Å². The number of unbranched alkanes of at least 4 members (excludes halogenated alkanes) is 1. The Balaban J connectivity index is 0. The molecule has 11 nitrogen and oxygen atoms in total. The van der Waals surface area contributed by atoms with Crippen LogP contribution in [0.2, 0.25) is 0 Å². The lowest BCUT2D eigenvalue weighted by Crippen LogP contribution is -2.56. The summed E-state index contributed by atoms with van der Waals surface area (Å²) in [6.45, 7) is 12.4. The molecule has 11 heteroatoms. The van der Waals surface area contributed by atoms with Gasteiger partial charge in [0.1, 0.15) is 6.23 Å². The Morgan fingerprint density at radius 2 is 1.54 bits per heavy atom. The lowest BCUT2D eigenvalue weighted by atomic mass is 9.85. The van der Waals surface area contributed by atoms with E-state index in [1.165, 1.54) is 7.11 Å². The molecule has 0 aromatic heterocycles. The molecule has 0 spiro atoms. The van der Waals surface area contributed by atoms with Crippen LogP contribution in [-0.4, -0.2) is 93.3 Å². The fourth-order valence-corrected chi connectivity index (χ4v) is 5.59. The zero-order valence-electron chi connectivity index (χ0n) is 29.2. The number of nitrogens with two attached hydrogens (primary N) is 2. The van der Waals surface area contributed by atoms with E-state index < -0.39 is 24.3 Å². The molecule has 6 unspecified atom stereocenters. The number of esters is 1. The fraction of sp³-hybridized carbons (Fsp3) is 0.714. The first-order valence-electron chi connectivity index (χ1n) is 16.0. The second-order valence-electron chi connectivity index (χ2n) is 12.0. The molecule has 0 heterocycles. The molecule has 1 aromatic carbocycles. The third kappa shape index (κ3) is 13.8. The van der Waals surface area contributed by atoms with Crippen LogP contribution < -0.4 is 11.5 Å². The van der Waals surface area contributed by atoms with Crippen molar-refractivity contribution in [1.82, 2.24) is 9.80 Å². The third-order valence-corrected chi connectivity index (χ3v) is 8.59. The predicted molar refractivity (Wildman–Crippen MR) is 183 cm³/mol. The monoisotopic (exact) mass is 652 g/mol. The molecule has 0 aliphatic carbocycles. The minimum absolute atomic E-state index is 0. The molecule has 7 atom stereocenters. The highest BCUT2D eigenvalue weighted by molar-refractivity contribution is 5.82. The number of hydrogen-bond donors (Lipinski definition) is 2. The maximum absolute atomic E-state index is 14.1. The second-order valence-corrected chi connectivity index (χ2v) is 12.0. The molecule has 0 radical (unpaired) electrons. The number of hydrogen-bond acceptors (Lipinski definition) is 8. The van der Waals surface area contributed by atoms with Gasteiger partial charge in [-0.25, -0.2) is 0 Å². The third-order valence-electron chi connectivity index (χ3n) is 8.59. The summed E-state index contributed by atoms with van der Waals surface area (Å²) >= 11 is 0. The molecule has 0 aliphatic heterocycles. The van der Waals surface area contributed by atoms with E-state index >= 15 is 0 Å². The SMILES string of the molecule is C.CCCCN(C(=O)CC(OC)C(C(C)CC)N(C)C(=O)[C@@H](N)C(C)C)C(OC)C(C)C(Cc1ccccc1)C(=O)OC.NC=O. The average molecular weight is 653 g/mol. The molecule has 1 aromatic rings. The van der Waals surface area contributed by atoms with Crippen LogP contribution in [0.25, 0.3) is 0 Å². The van der Waals surface area contributed by atoms with E-state index in [1.54, 1.807) is 31.1 Å². The van der Waals surface area contributed by atoms with Gasteiger partial charge in [0, 0.05) is 33.7 Å². The van der Waals surface area contributed by atoms with E-state index in [0.717, 1.165) is 24.8 Å². The largest absolute Gasteiger partial charge is 0.469 e. The molecular weight excluding hydrogens is 588 g/mol. The fourth-order valence-electron chi connectivity index (χ4n) is 5.59. The van der Waals surface area contributed by atoms with Crippen LogP contribution in [0, 0.1) is 23.7 Å². The van der Waals surface area contributed by atoms with Crippen molar-refractivity contribution in [3.63, 3.8) is 0 Å². The molecule has 46 heavy (non-hydrogen) atoms. The van der Waals surface area contributed by atoms with Crippen LogP contribution in [0.4, 0.5) is 0 Å².